The second-order valence-corrected chi connectivity index (χ2v) is 8.64. The second-order valence-electron chi connectivity index (χ2n) is 8.64. The standard InChI is InChI=1S/C28H19N3O.C6H4N.2Pt/c1-21-6-3-7-22(16-21)23-12-13-29-28(18-23)24-8-4-10-26(17-24)32-27-11-5-9-25(19-27)31-15-14-30(2)20-31;1-2-7-5-3-4-6-7;;/h3-6,9-16,20H,1-2H3;3-6H;;/q-6;-1;;+4. The van der Waals surface area contributed by atoms with E-state index in [1.54, 1.807) is 29.2 Å². The topological polar surface area (TPSA) is 33.5 Å². The summed E-state index contributed by atoms with van der Waals surface area (Å²) in [6.45, 7) is 4.03. The molecule has 0 N–H and O–H groups in total. The molecule has 0 aliphatic carbocycles. The fourth-order valence-corrected chi connectivity index (χ4v) is 3.76. The summed E-state index contributed by atoms with van der Waals surface area (Å²) in [6.07, 6.45) is 15.8. The molecule has 0 fully saturated rings. The molecule has 1 aliphatic heterocycles. The molecule has 0 saturated carbocycles. The Labute approximate surface area is 271 Å². The number of aryl methyl sites for hydroxylation is 1. The zero-order valence-electron chi connectivity index (χ0n) is 22.1. The fourth-order valence-electron chi connectivity index (χ4n) is 3.76. The van der Waals surface area contributed by atoms with Crippen LogP contribution in [0.1, 0.15) is 5.56 Å². The predicted molar refractivity (Wildman–Crippen MR) is 151 cm³/mol. The first-order chi connectivity index (χ1) is 19.1. The quantitative estimate of drug-likeness (QED) is 0.145. The Bertz CT molecular complexity index is 1630. The van der Waals surface area contributed by atoms with Crippen molar-refractivity contribution in [2.75, 3.05) is 11.9 Å². The van der Waals surface area contributed by atoms with Crippen molar-refractivity contribution in [1.29, 1.82) is 0 Å². The van der Waals surface area contributed by atoms with E-state index in [0.717, 1.165) is 16.8 Å². The molecular weight excluding hydrogens is 871 g/mol. The van der Waals surface area contributed by atoms with Crippen molar-refractivity contribution < 1.29 is 46.9 Å². The Morgan fingerprint density at radius 3 is 2.39 bits per heavy atom. The molecule has 0 saturated heterocycles. The third-order valence-electron chi connectivity index (χ3n) is 5.65. The van der Waals surface area contributed by atoms with Gasteiger partial charge in [-0.2, -0.15) is 48.8 Å². The van der Waals surface area contributed by atoms with Gasteiger partial charge in [-0.05, 0) is 37.8 Å². The van der Waals surface area contributed by atoms with Gasteiger partial charge in [0, 0.05) is 39.2 Å². The number of aromatic nitrogens is 2. The van der Waals surface area contributed by atoms with E-state index in [1.165, 1.54) is 5.56 Å². The van der Waals surface area contributed by atoms with E-state index < -0.39 is 0 Å². The summed E-state index contributed by atoms with van der Waals surface area (Å²) >= 11 is 0. The van der Waals surface area contributed by atoms with Crippen LogP contribution in [0.4, 0.5) is 5.69 Å². The van der Waals surface area contributed by atoms with Gasteiger partial charge in [-0.25, -0.2) is 23.2 Å². The number of hydrogen-bond acceptors (Lipinski definition) is 4. The average Bonchev–Trinajstić information content (AvgIpc) is 3.66. The summed E-state index contributed by atoms with van der Waals surface area (Å²) in [4.78, 5) is 8.41. The van der Waals surface area contributed by atoms with Crippen LogP contribution in [-0.2, 0) is 42.1 Å². The van der Waals surface area contributed by atoms with Crippen molar-refractivity contribution in [1.82, 2.24) is 14.5 Å². The first-order valence-electron chi connectivity index (χ1n) is 12.2. The molecule has 208 valence electrons. The van der Waals surface area contributed by atoms with Crippen LogP contribution < -0.4 is 9.64 Å². The van der Waals surface area contributed by atoms with Crippen LogP contribution in [0.5, 0.6) is 11.5 Å². The summed E-state index contributed by atoms with van der Waals surface area (Å²) in [6, 6.07) is 39.6. The molecule has 3 heterocycles. The number of pyridine rings is 1. The monoisotopic (exact) mass is 893 g/mol. The summed E-state index contributed by atoms with van der Waals surface area (Å²) in [5.74, 6) is 1.17. The van der Waals surface area contributed by atoms with Gasteiger partial charge in [-0.3, -0.25) is 12.1 Å². The van der Waals surface area contributed by atoms with Gasteiger partial charge in [0.25, 0.3) is 0 Å². The van der Waals surface area contributed by atoms with Crippen LogP contribution in [0.15, 0.2) is 97.7 Å². The normalized spacial score (nSPS) is 11.4. The summed E-state index contributed by atoms with van der Waals surface area (Å²) in [5.41, 5.74) is 5.30. The molecular formula is C34H23N4OPt2-3. The van der Waals surface area contributed by atoms with Crippen LogP contribution in [0.3, 0.4) is 0 Å². The van der Waals surface area contributed by atoms with E-state index in [9.17, 15) is 0 Å². The number of anilines is 1. The van der Waals surface area contributed by atoms with Crippen molar-refractivity contribution in [3.8, 4) is 39.9 Å². The summed E-state index contributed by atoms with van der Waals surface area (Å²) in [5, 5.41) is 0. The third-order valence-corrected chi connectivity index (χ3v) is 5.65. The molecule has 5 aromatic rings. The zero-order chi connectivity index (χ0) is 27.0. The third kappa shape index (κ3) is 8.58. The minimum absolute atomic E-state index is 0. The fraction of sp³-hybridized carbons (Fsp3) is 0.0588. The Kier molecular flexibility index (Phi) is 11.8. The first kappa shape index (κ1) is 31.7. The van der Waals surface area contributed by atoms with E-state index in [2.05, 4.69) is 54.4 Å². The number of nitrogens with zero attached hydrogens (tertiary/aromatic N) is 4. The molecule has 2 aromatic heterocycles. The molecule has 0 amide bonds. The van der Waals surface area contributed by atoms with Crippen molar-refractivity contribution >= 4 is 5.69 Å². The van der Waals surface area contributed by atoms with Gasteiger partial charge in [-0.15, -0.1) is 35.5 Å². The van der Waals surface area contributed by atoms with Crippen LogP contribution >= 0.6 is 0 Å². The van der Waals surface area contributed by atoms with Crippen LogP contribution in [0.25, 0.3) is 22.4 Å². The minimum Gasteiger partial charge on any atom is -0.669 e. The molecule has 1 aliphatic rings. The van der Waals surface area contributed by atoms with Crippen LogP contribution in [-0.4, -0.2) is 21.5 Å². The predicted octanol–water partition coefficient (Wildman–Crippen LogP) is 6.74. The maximum Gasteiger partial charge on any atom is 4.00 e. The first-order valence-corrected chi connectivity index (χ1v) is 12.2. The van der Waals surface area contributed by atoms with E-state index in [1.807, 2.05) is 90.5 Å². The Hall–Kier alpha value is -3.83. The summed E-state index contributed by atoms with van der Waals surface area (Å²) in [7, 11) is 1.98. The maximum atomic E-state index is 6.57. The number of ether oxygens (including phenoxy) is 1. The van der Waals surface area contributed by atoms with E-state index in [-0.39, 0.29) is 42.1 Å². The van der Waals surface area contributed by atoms with Crippen molar-refractivity contribution in [3.05, 3.63) is 147 Å². The van der Waals surface area contributed by atoms with E-state index in [4.69, 9.17) is 11.2 Å². The molecule has 0 bridgehead atoms. The van der Waals surface area contributed by atoms with Gasteiger partial charge in [-0.1, -0.05) is 12.7 Å². The zero-order valence-corrected chi connectivity index (χ0v) is 26.7. The molecule has 0 spiro atoms. The van der Waals surface area contributed by atoms with Gasteiger partial charge in [0.2, 0.25) is 0 Å². The Morgan fingerprint density at radius 1 is 0.902 bits per heavy atom. The maximum absolute atomic E-state index is 6.57. The average molecular weight is 894 g/mol. The molecule has 5 nitrogen and oxygen atoms in total. The van der Waals surface area contributed by atoms with Crippen LogP contribution in [0.2, 0.25) is 0 Å². The smallest absolute Gasteiger partial charge is 0.669 e. The van der Waals surface area contributed by atoms with Gasteiger partial charge in [0.1, 0.15) is 0 Å². The molecule has 41 heavy (non-hydrogen) atoms. The molecule has 0 atom stereocenters. The van der Waals surface area contributed by atoms with Crippen molar-refractivity contribution in [3.63, 3.8) is 0 Å². The molecule has 3 aromatic carbocycles. The molecule has 6 rings (SSSR count). The molecule has 0 unspecified atom stereocenters. The second kappa shape index (κ2) is 15.2. The Balaban J connectivity index is 0.000000452. The van der Waals surface area contributed by atoms with Gasteiger partial charge >= 0.3 is 21.1 Å². The largest absolute Gasteiger partial charge is 4.00 e. The van der Waals surface area contributed by atoms with Gasteiger partial charge < -0.3 is 42.1 Å². The SMILES string of the molecule is Cc1cc[c-]c(-c2[c-]c(-c3[c-]ccc(Oc4[c-]c(N5C=CN(C)[CH-]5)ccc4)[c-]3)ncc2)c1.[C-]#Cn1cccc1.[Pt+4].[Pt]. The van der Waals surface area contributed by atoms with E-state index >= 15 is 0 Å². The molecule has 0 radical (unpaired) electrons. The minimum atomic E-state index is 0. The van der Waals surface area contributed by atoms with Crippen LogP contribution in [0, 0.1) is 56.4 Å². The van der Waals surface area contributed by atoms with Gasteiger partial charge in [0.05, 0.1) is 0 Å². The summed E-state index contributed by atoms with van der Waals surface area (Å²) < 4.78 is 7.58. The molecule has 7 heteroatoms. The van der Waals surface area contributed by atoms with Crippen molar-refractivity contribution in [2.24, 2.45) is 0 Å². The van der Waals surface area contributed by atoms with Crippen molar-refractivity contribution in [2.45, 2.75) is 6.92 Å². The van der Waals surface area contributed by atoms with Gasteiger partial charge in [0.15, 0.2) is 0 Å². The Morgan fingerprint density at radius 2 is 1.68 bits per heavy atom. The van der Waals surface area contributed by atoms with E-state index in [0.29, 0.717) is 22.8 Å². The number of hydrogen-bond donors (Lipinski definition) is 0. The number of benzene rings is 3. The number of rotatable bonds is 5.